The lowest BCUT2D eigenvalue weighted by atomic mass is 9.95. The van der Waals surface area contributed by atoms with Crippen molar-refractivity contribution in [2.24, 2.45) is 5.92 Å². The van der Waals surface area contributed by atoms with Crippen LogP contribution in [0.2, 0.25) is 0 Å². The fourth-order valence-corrected chi connectivity index (χ4v) is 4.30. The summed E-state index contributed by atoms with van der Waals surface area (Å²) in [5.74, 6) is 0.0547. The number of hydrogen-bond acceptors (Lipinski definition) is 3. The zero-order valence-electron chi connectivity index (χ0n) is 16.8. The Morgan fingerprint density at radius 1 is 0.862 bits per heavy atom. The van der Waals surface area contributed by atoms with Crippen LogP contribution in [-0.4, -0.2) is 47.8 Å². The molecule has 0 bridgehead atoms. The van der Waals surface area contributed by atoms with Crippen molar-refractivity contribution in [3.63, 3.8) is 0 Å². The summed E-state index contributed by atoms with van der Waals surface area (Å²) in [5.41, 5.74) is 2.55. The summed E-state index contributed by atoms with van der Waals surface area (Å²) >= 11 is 0. The number of rotatable bonds is 5. The van der Waals surface area contributed by atoms with Crippen LogP contribution in [0.15, 0.2) is 54.6 Å². The first-order chi connectivity index (χ1) is 14.2. The Hall–Kier alpha value is -2.66. The summed E-state index contributed by atoms with van der Waals surface area (Å²) in [6.07, 6.45) is 3.81. The second-order valence-electron chi connectivity index (χ2n) is 8.07. The van der Waals surface area contributed by atoms with Gasteiger partial charge in [-0.05, 0) is 56.5 Å². The zero-order valence-corrected chi connectivity index (χ0v) is 16.8. The third kappa shape index (κ3) is 4.85. The van der Waals surface area contributed by atoms with Gasteiger partial charge in [0.05, 0.1) is 11.3 Å². The van der Waals surface area contributed by atoms with E-state index >= 15 is 0 Å². The Morgan fingerprint density at radius 2 is 1.52 bits per heavy atom. The minimum absolute atomic E-state index is 0.00281. The predicted molar refractivity (Wildman–Crippen MR) is 115 cm³/mol. The second kappa shape index (κ2) is 9.23. The Labute approximate surface area is 172 Å². The number of benzene rings is 2. The highest BCUT2D eigenvalue weighted by atomic mass is 16.2. The molecule has 152 valence electrons. The standard InChI is InChI=1S/C24H29N3O2/c28-23(20-12-16-26(17-13-20)18-19-8-2-1-3-9-19)25-22-11-5-4-10-21(22)24(29)27-14-6-7-15-27/h1-5,8-11,20H,6-7,12-18H2,(H,25,28). The highest BCUT2D eigenvalue weighted by Crippen LogP contribution is 2.24. The number of nitrogens with zero attached hydrogens (tertiary/aromatic N) is 2. The number of amides is 2. The molecule has 2 fully saturated rings. The van der Waals surface area contributed by atoms with Crippen molar-refractivity contribution < 1.29 is 9.59 Å². The van der Waals surface area contributed by atoms with Gasteiger partial charge in [0.15, 0.2) is 0 Å². The molecular formula is C24H29N3O2. The van der Waals surface area contributed by atoms with Gasteiger partial charge in [-0.25, -0.2) is 0 Å². The summed E-state index contributed by atoms with van der Waals surface area (Å²) in [4.78, 5) is 30.0. The minimum atomic E-state index is -0.00281. The number of carbonyl (C=O) groups is 2. The first kappa shape index (κ1) is 19.6. The van der Waals surface area contributed by atoms with Crippen molar-refractivity contribution >= 4 is 17.5 Å². The molecule has 5 nitrogen and oxygen atoms in total. The van der Waals surface area contributed by atoms with Crippen LogP contribution in [0, 0.1) is 5.92 Å². The number of hydrogen-bond donors (Lipinski definition) is 1. The quantitative estimate of drug-likeness (QED) is 0.844. The van der Waals surface area contributed by atoms with Crippen molar-refractivity contribution in [1.29, 1.82) is 0 Å². The molecule has 0 spiro atoms. The van der Waals surface area contributed by atoms with E-state index in [4.69, 9.17) is 0 Å². The Balaban J connectivity index is 1.34. The molecule has 4 rings (SSSR count). The van der Waals surface area contributed by atoms with E-state index in [1.807, 2.05) is 35.2 Å². The number of likely N-dealkylation sites (tertiary alicyclic amines) is 2. The molecular weight excluding hydrogens is 362 g/mol. The van der Waals surface area contributed by atoms with Crippen molar-refractivity contribution in [2.45, 2.75) is 32.2 Å². The predicted octanol–water partition coefficient (Wildman–Crippen LogP) is 3.77. The molecule has 0 unspecified atom stereocenters. The Bertz CT molecular complexity index is 838. The van der Waals surface area contributed by atoms with Crippen LogP contribution in [0.3, 0.4) is 0 Å². The molecule has 0 saturated carbocycles. The second-order valence-corrected chi connectivity index (χ2v) is 8.07. The molecule has 5 heteroatoms. The van der Waals surface area contributed by atoms with Gasteiger partial charge in [0.2, 0.25) is 5.91 Å². The van der Waals surface area contributed by atoms with Gasteiger partial charge in [-0.15, -0.1) is 0 Å². The Morgan fingerprint density at radius 3 is 2.24 bits per heavy atom. The summed E-state index contributed by atoms with van der Waals surface area (Å²) in [6, 6.07) is 17.9. The van der Waals surface area contributed by atoms with Crippen LogP contribution < -0.4 is 5.32 Å². The van der Waals surface area contributed by atoms with Gasteiger partial charge in [-0.2, -0.15) is 0 Å². The molecule has 2 aliphatic heterocycles. The lowest BCUT2D eigenvalue weighted by molar-refractivity contribution is -0.121. The lowest BCUT2D eigenvalue weighted by Gasteiger charge is -2.31. The molecule has 1 N–H and O–H groups in total. The molecule has 2 aromatic carbocycles. The maximum absolute atomic E-state index is 12.9. The number of anilines is 1. The average molecular weight is 392 g/mol. The normalized spacial score (nSPS) is 18.0. The maximum atomic E-state index is 12.9. The van der Waals surface area contributed by atoms with Crippen LogP contribution in [-0.2, 0) is 11.3 Å². The fourth-order valence-electron chi connectivity index (χ4n) is 4.30. The van der Waals surface area contributed by atoms with Crippen LogP contribution >= 0.6 is 0 Å². The summed E-state index contributed by atoms with van der Waals surface area (Å²) in [6.45, 7) is 4.38. The van der Waals surface area contributed by atoms with E-state index in [0.29, 0.717) is 11.3 Å². The summed E-state index contributed by atoms with van der Waals surface area (Å²) in [5, 5.41) is 3.04. The van der Waals surface area contributed by atoms with E-state index < -0.39 is 0 Å². The summed E-state index contributed by atoms with van der Waals surface area (Å²) in [7, 11) is 0. The number of piperidine rings is 1. The molecule has 0 radical (unpaired) electrons. The van der Waals surface area contributed by atoms with E-state index in [1.165, 1.54) is 5.56 Å². The Kier molecular flexibility index (Phi) is 6.25. The third-order valence-corrected chi connectivity index (χ3v) is 6.02. The van der Waals surface area contributed by atoms with Gasteiger partial charge >= 0.3 is 0 Å². The largest absolute Gasteiger partial charge is 0.339 e. The fraction of sp³-hybridized carbons (Fsp3) is 0.417. The molecule has 2 aliphatic rings. The zero-order chi connectivity index (χ0) is 20.1. The molecule has 2 saturated heterocycles. The first-order valence-electron chi connectivity index (χ1n) is 10.7. The van der Waals surface area contributed by atoms with Crippen LogP contribution in [0.1, 0.15) is 41.6 Å². The van der Waals surface area contributed by atoms with Crippen LogP contribution in [0.5, 0.6) is 0 Å². The van der Waals surface area contributed by atoms with E-state index in [1.54, 1.807) is 0 Å². The average Bonchev–Trinajstić information content (AvgIpc) is 3.30. The first-order valence-corrected chi connectivity index (χ1v) is 10.7. The van der Waals surface area contributed by atoms with Crippen molar-refractivity contribution in [3.05, 3.63) is 65.7 Å². The van der Waals surface area contributed by atoms with E-state index in [-0.39, 0.29) is 17.7 Å². The van der Waals surface area contributed by atoms with Crippen molar-refractivity contribution in [2.75, 3.05) is 31.5 Å². The van der Waals surface area contributed by atoms with Gasteiger partial charge < -0.3 is 10.2 Å². The van der Waals surface area contributed by atoms with Crippen LogP contribution in [0.25, 0.3) is 0 Å². The highest BCUT2D eigenvalue weighted by molar-refractivity contribution is 6.04. The topological polar surface area (TPSA) is 52.7 Å². The molecule has 0 aromatic heterocycles. The molecule has 2 aromatic rings. The molecule has 29 heavy (non-hydrogen) atoms. The van der Waals surface area contributed by atoms with Gasteiger partial charge in [0.1, 0.15) is 0 Å². The van der Waals surface area contributed by atoms with Gasteiger partial charge in [-0.1, -0.05) is 42.5 Å². The van der Waals surface area contributed by atoms with Crippen molar-refractivity contribution in [1.82, 2.24) is 9.80 Å². The SMILES string of the molecule is O=C(Nc1ccccc1C(=O)N1CCCC1)C1CCN(Cc2ccccc2)CC1. The number of para-hydroxylation sites is 1. The minimum Gasteiger partial charge on any atom is -0.339 e. The van der Waals surface area contributed by atoms with Crippen LogP contribution in [0.4, 0.5) is 5.69 Å². The molecule has 0 atom stereocenters. The van der Waals surface area contributed by atoms with Gasteiger partial charge in [0.25, 0.3) is 5.91 Å². The number of carbonyl (C=O) groups excluding carboxylic acids is 2. The van der Waals surface area contributed by atoms with Crippen molar-refractivity contribution in [3.8, 4) is 0 Å². The molecule has 2 heterocycles. The maximum Gasteiger partial charge on any atom is 0.255 e. The van der Waals surface area contributed by atoms with Gasteiger partial charge in [-0.3, -0.25) is 14.5 Å². The smallest absolute Gasteiger partial charge is 0.255 e. The number of nitrogens with one attached hydrogen (secondary N) is 1. The molecule has 2 amide bonds. The molecule has 0 aliphatic carbocycles. The lowest BCUT2D eigenvalue weighted by Crippen LogP contribution is -2.38. The summed E-state index contributed by atoms with van der Waals surface area (Å²) < 4.78 is 0. The van der Waals surface area contributed by atoms with E-state index in [0.717, 1.165) is 58.4 Å². The third-order valence-electron chi connectivity index (χ3n) is 6.02. The highest BCUT2D eigenvalue weighted by Gasteiger charge is 2.27. The van der Waals surface area contributed by atoms with E-state index in [2.05, 4.69) is 34.5 Å². The van der Waals surface area contributed by atoms with Gasteiger partial charge in [0, 0.05) is 25.6 Å². The van der Waals surface area contributed by atoms with E-state index in [9.17, 15) is 9.59 Å². The monoisotopic (exact) mass is 391 g/mol.